The van der Waals surface area contributed by atoms with Crippen LogP contribution in [0.2, 0.25) is 10.0 Å². The van der Waals surface area contributed by atoms with Crippen LogP contribution >= 0.6 is 23.2 Å². The summed E-state index contributed by atoms with van der Waals surface area (Å²) in [5.74, 6) is 0.159. The van der Waals surface area contributed by atoms with Crippen LogP contribution in [0.1, 0.15) is 24.1 Å². The first kappa shape index (κ1) is 26.7. The van der Waals surface area contributed by atoms with Gasteiger partial charge in [0.1, 0.15) is 18.2 Å². The number of benzene rings is 1. The smallest absolute Gasteiger partial charge is 0.435 e. The Morgan fingerprint density at radius 3 is 2.65 bits per heavy atom. The van der Waals surface area contributed by atoms with E-state index >= 15 is 0 Å². The molecule has 2 amide bonds. The molecule has 0 saturated heterocycles. The number of halogens is 5. The van der Waals surface area contributed by atoms with E-state index in [-0.39, 0.29) is 65.6 Å². The average molecular weight is 558 g/mol. The molecule has 5 N–H and O–H groups in total. The van der Waals surface area contributed by atoms with Gasteiger partial charge in [-0.1, -0.05) is 29.8 Å². The Labute approximate surface area is 220 Å². The second kappa shape index (κ2) is 10.5. The molecule has 37 heavy (non-hydrogen) atoms. The largest absolute Gasteiger partial charge is 0.491 e. The lowest BCUT2D eigenvalue weighted by Crippen LogP contribution is -2.40. The van der Waals surface area contributed by atoms with E-state index in [0.29, 0.717) is 16.8 Å². The highest BCUT2D eigenvalue weighted by molar-refractivity contribution is 6.38. The van der Waals surface area contributed by atoms with Crippen LogP contribution in [-0.4, -0.2) is 52.2 Å². The molecule has 0 unspecified atom stereocenters. The molecular weight excluding hydrogens is 534 g/mol. The van der Waals surface area contributed by atoms with Crippen molar-refractivity contribution in [3.05, 3.63) is 69.4 Å². The summed E-state index contributed by atoms with van der Waals surface area (Å²) in [5, 5.41) is 6.85. The number of carbonyl (C=O) groups excluding carboxylic acids is 1. The van der Waals surface area contributed by atoms with E-state index in [1.54, 1.807) is 0 Å². The van der Waals surface area contributed by atoms with Gasteiger partial charge in [-0.2, -0.15) is 18.3 Å². The molecule has 0 atom stereocenters. The number of aliphatic imine (C=N–C) groups is 1. The first-order valence-electron chi connectivity index (χ1n) is 11.2. The number of alkyl halides is 3. The number of ether oxygens (including phenoxy) is 1. The zero-order valence-electron chi connectivity index (χ0n) is 19.5. The Hall–Kier alpha value is -3.38. The Bertz CT molecular complexity index is 1290. The average Bonchev–Trinajstić information content (AvgIpc) is 3.31. The third kappa shape index (κ3) is 6.50. The van der Waals surface area contributed by atoms with Gasteiger partial charge in [0, 0.05) is 28.5 Å². The van der Waals surface area contributed by atoms with Crippen molar-refractivity contribution >= 4 is 34.9 Å². The van der Waals surface area contributed by atoms with Gasteiger partial charge in [0.25, 0.3) is 0 Å². The molecule has 2 aromatic rings. The molecule has 1 aliphatic carbocycles. The van der Waals surface area contributed by atoms with Gasteiger partial charge in [-0.05, 0) is 31.0 Å². The van der Waals surface area contributed by atoms with Gasteiger partial charge in [-0.15, -0.1) is 0 Å². The normalized spacial score (nSPS) is 16.4. The molecule has 1 fully saturated rings. The summed E-state index contributed by atoms with van der Waals surface area (Å²) in [7, 11) is 0. The highest BCUT2D eigenvalue weighted by Gasteiger charge is 2.34. The molecule has 1 aliphatic heterocycles. The van der Waals surface area contributed by atoms with E-state index in [1.165, 1.54) is 23.2 Å². The number of hydrogen-bond donors (Lipinski definition) is 3. The van der Waals surface area contributed by atoms with Gasteiger partial charge < -0.3 is 26.4 Å². The molecule has 1 aromatic carbocycles. The zero-order chi connectivity index (χ0) is 26.9. The maximum Gasteiger partial charge on any atom is 0.435 e. The SMILES string of the molecule is C=C(N)N=C(C1=C(N)CN(C(=O)NC2CC2)C1)c1c(Cl)cc(Cl)cc1OCCn1ccc(C(F)(F)F)n1. The molecule has 9 nitrogen and oxygen atoms in total. The number of aromatic nitrogens is 2. The van der Waals surface area contributed by atoms with Crippen LogP contribution in [0.5, 0.6) is 5.75 Å². The lowest BCUT2D eigenvalue weighted by Gasteiger charge is -2.19. The second-order valence-corrected chi connectivity index (χ2v) is 9.45. The van der Waals surface area contributed by atoms with E-state index in [4.69, 9.17) is 39.4 Å². The second-order valence-electron chi connectivity index (χ2n) is 8.61. The van der Waals surface area contributed by atoms with E-state index < -0.39 is 11.9 Å². The predicted molar refractivity (Wildman–Crippen MR) is 133 cm³/mol. The number of rotatable bonds is 8. The van der Waals surface area contributed by atoms with Crippen LogP contribution in [0.15, 0.2) is 53.1 Å². The number of carbonyl (C=O) groups is 1. The number of amides is 2. The zero-order valence-corrected chi connectivity index (χ0v) is 21.0. The Morgan fingerprint density at radius 1 is 1.30 bits per heavy atom. The summed E-state index contributed by atoms with van der Waals surface area (Å²) in [4.78, 5) is 18.5. The molecule has 0 bridgehead atoms. The maximum absolute atomic E-state index is 12.8. The minimum Gasteiger partial charge on any atom is -0.491 e. The fourth-order valence-corrected chi connectivity index (χ4v) is 4.28. The van der Waals surface area contributed by atoms with Crippen LogP contribution in [0, 0.1) is 0 Å². The lowest BCUT2D eigenvalue weighted by atomic mass is 10.0. The van der Waals surface area contributed by atoms with Gasteiger partial charge in [0.2, 0.25) is 0 Å². The molecule has 14 heteroatoms. The summed E-state index contributed by atoms with van der Waals surface area (Å²) in [6.45, 7) is 3.90. The summed E-state index contributed by atoms with van der Waals surface area (Å²) < 4.78 is 45.5. The van der Waals surface area contributed by atoms with Crippen molar-refractivity contribution in [3.8, 4) is 5.75 Å². The number of nitrogens with zero attached hydrogens (tertiary/aromatic N) is 4. The van der Waals surface area contributed by atoms with E-state index in [1.807, 2.05) is 0 Å². The maximum atomic E-state index is 12.8. The minimum absolute atomic E-state index is 0.00960. The molecule has 2 aliphatic rings. The summed E-state index contributed by atoms with van der Waals surface area (Å²) in [6.07, 6.45) is -1.47. The molecular formula is C23H24Cl2F3N7O2. The molecule has 4 rings (SSSR count). The van der Waals surface area contributed by atoms with Gasteiger partial charge in [0.05, 0.1) is 35.9 Å². The summed E-state index contributed by atoms with van der Waals surface area (Å²) in [5.41, 5.74) is 12.6. The van der Waals surface area contributed by atoms with Crippen LogP contribution in [0.4, 0.5) is 18.0 Å². The van der Waals surface area contributed by atoms with Crippen molar-refractivity contribution in [2.24, 2.45) is 16.5 Å². The van der Waals surface area contributed by atoms with Crippen molar-refractivity contribution in [1.82, 2.24) is 20.0 Å². The standard InChI is InChI=1S/C23H24Cl2F3N7O2/c1-12(29)31-21(15-10-34(11-17(15)30)22(36)32-14-2-3-14)20-16(25)8-13(24)9-18(20)37-7-6-35-5-4-19(33-35)23(26,27)28/h4-5,8-9,14H,1-3,6-7,10-11,29-30H2,(H,32,36). The third-order valence-electron chi connectivity index (χ3n) is 5.60. The number of urea groups is 1. The summed E-state index contributed by atoms with van der Waals surface area (Å²) >= 11 is 12.8. The van der Waals surface area contributed by atoms with Gasteiger partial charge in [-0.3, -0.25) is 4.68 Å². The highest BCUT2D eigenvalue weighted by atomic mass is 35.5. The first-order valence-corrected chi connectivity index (χ1v) is 12.0. The molecule has 1 saturated carbocycles. The fourth-order valence-electron chi connectivity index (χ4n) is 3.71. The third-order valence-corrected chi connectivity index (χ3v) is 6.11. The van der Waals surface area contributed by atoms with Crippen LogP contribution in [0.25, 0.3) is 0 Å². The van der Waals surface area contributed by atoms with Crippen LogP contribution < -0.4 is 21.5 Å². The molecule has 198 valence electrons. The highest BCUT2D eigenvalue weighted by Crippen LogP contribution is 2.35. The van der Waals surface area contributed by atoms with Crippen molar-refractivity contribution in [1.29, 1.82) is 0 Å². The Balaban J connectivity index is 1.59. The Morgan fingerprint density at radius 2 is 2.03 bits per heavy atom. The van der Waals surface area contributed by atoms with E-state index in [9.17, 15) is 18.0 Å². The fraction of sp³-hybridized carbons (Fsp3) is 0.348. The van der Waals surface area contributed by atoms with E-state index in [0.717, 1.165) is 23.6 Å². The van der Waals surface area contributed by atoms with Crippen molar-refractivity contribution < 1.29 is 22.7 Å². The van der Waals surface area contributed by atoms with Crippen molar-refractivity contribution in [2.75, 3.05) is 19.7 Å². The van der Waals surface area contributed by atoms with Crippen LogP contribution in [-0.2, 0) is 12.7 Å². The molecule has 0 spiro atoms. The topological polar surface area (TPSA) is 124 Å². The van der Waals surface area contributed by atoms with Crippen molar-refractivity contribution in [3.63, 3.8) is 0 Å². The minimum atomic E-state index is -4.55. The molecule has 1 aromatic heterocycles. The lowest BCUT2D eigenvalue weighted by molar-refractivity contribution is -0.141. The van der Waals surface area contributed by atoms with Gasteiger partial charge in [-0.25, -0.2) is 9.79 Å². The monoisotopic (exact) mass is 557 g/mol. The first-order chi connectivity index (χ1) is 17.4. The van der Waals surface area contributed by atoms with Gasteiger partial charge >= 0.3 is 12.2 Å². The van der Waals surface area contributed by atoms with Gasteiger partial charge in [0.15, 0.2) is 5.69 Å². The quantitative estimate of drug-likeness (QED) is 0.424. The Kier molecular flexibility index (Phi) is 7.60. The van der Waals surface area contributed by atoms with Crippen LogP contribution in [0.3, 0.4) is 0 Å². The van der Waals surface area contributed by atoms with E-state index in [2.05, 4.69) is 22.0 Å². The molecule has 0 radical (unpaired) electrons. The van der Waals surface area contributed by atoms with Crippen molar-refractivity contribution in [2.45, 2.75) is 31.6 Å². The number of nitrogens with one attached hydrogen (secondary N) is 1. The number of hydrogen-bond acceptors (Lipinski definition) is 6. The molecule has 2 heterocycles. The summed E-state index contributed by atoms with van der Waals surface area (Å²) in [6, 6.07) is 3.77. The number of nitrogens with two attached hydrogens (primary N) is 2. The predicted octanol–water partition coefficient (Wildman–Crippen LogP) is 3.91.